The fourth-order valence-electron chi connectivity index (χ4n) is 12.0. The highest BCUT2D eigenvalue weighted by molar-refractivity contribution is 5.98. The fraction of sp³-hybridized carbons (Fsp3) is 0.367. The van der Waals surface area contributed by atoms with Crippen LogP contribution in [0, 0.1) is 25.7 Å². The molecule has 4 heterocycles. The summed E-state index contributed by atoms with van der Waals surface area (Å²) in [6, 6.07) is 40.7. The molecule has 7 nitrogen and oxygen atoms in total. The number of pyridine rings is 2. The highest BCUT2D eigenvalue weighted by Crippen LogP contribution is 2.57. The van der Waals surface area contributed by atoms with Crippen molar-refractivity contribution in [1.82, 2.24) is 9.97 Å². The molecule has 7 heteroatoms. The first kappa shape index (κ1) is 46.0. The summed E-state index contributed by atoms with van der Waals surface area (Å²) in [7, 11) is 0. The highest BCUT2D eigenvalue weighted by atomic mass is 16.5. The third kappa shape index (κ3) is 9.15. The second-order valence-corrected chi connectivity index (χ2v) is 19.4. The molecular weight excluding hydrogens is 829 g/mol. The number of carbonyl (C=O) groups is 2. The van der Waals surface area contributed by atoms with Crippen LogP contribution in [0.2, 0.25) is 0 Å². The molecule has 1 N–H and O–H groups in total. The van der Waals surface area contributed by atoms with Gasteiger partial charge in [0.25, 0.3) is 0 Å². The van der Waals surface area contributed by atoms with Crippen LogP contribution >= 0.6 is 0 Å². The van der Waals surface area contributed by atoms with E-state index in [1.807, 2.05) is 92.7 Å². The molecule has 0 amide bonds. The molecule has 10 rings (SSSR count). The number of aryl methyl sites for hydroxylation is 2. The summed E-state index contributed by atoms with van der Waals surface area (Å²) in [6.07, 6.45) is 15.1. The molecule has 1 saturated carbocycles. The minimum absolute atomic E-state index is 0.0473. The van der Waals surface area contributed by atoms with Gasteiger partial charge in [0.05, 0.1) is 18.8 Å². The average Bonchev–Trinajstić information content (AvgIpc) is 3.63. The van der Waals surface area contributed by atoms with E-state index in [9.17, 15) is 14.7 Å². The molecule has 2 aliphatic carbocycles. The van der Waals surface area contributed by atoms with Gasteiger partial charge < -0.3 is 14.6 Å². The molecule has 5 atom stereocenters. The predicted molar refractivity (Wildman–Crippen MR) is 266 cm³/mol. The van der Waals surface area contributed by atoms with E-state index < -0.39 is 5.60 Å². The van der Waals surface area contributed by atoms with Crippen LogP contribution in [0.25, 0.3) is 5.57 Å². The SMILES string of the molecule is CC[C@@]12CC=C(c3ccccc3)C[C@@H]1CCOc1cc(C(=O)Cc3cccnc3C)ccc12.CC[C@@]12CC[C@@](O)(c3ccccc3)C[C@@H]1CCOc1cc(C(=O)Cc3cccnc3C)ccc12. The normalized spacial score (nSPS) is 23.9. The van der Waals surface area contributed by atoms with Gasteiger partial charge in [0.15, 0.2) is 11.6 Å². The number of ketones is 2. The number of hydrogen-bond donors (Lipinski definition) is 1. The zero-order chi connectivity index (χ0) is 46.6. The van der Waals surface area contributed by atoms with Crippen LogP contribution in [0.5, 0.6) is 11.5 Å². The first-order valence-electron chi connectivity index (χ1n) is 24.5. The van der Waals surface area contributed by atoms with Crippen LogP contribution < -0.4 is 9.47 Å². The monoisotopic (exact) mass is 892 g/mol. The number of aromatic nitrogens is 2. The Morgan fingerprint density at radius 3 is 1.73 bits per heavy atom. The Hall–Kier alpha value is -6.18. The number of rotatable bonds is 10. The fourth-order valence-corrected chi connectivity index (χ4v) is 12.0. The van der Waals surface area contributed by atoms with Crippen LogP contribution in [0.3, 0.4) is 0 Å². The van der Waals surface area contributed by atoms with Crippen molar-refractivity contribution >= 4 is 17.1 Å². The number of hydrogen-bond acceptors (Lipinski definition) is 7. The first-order chi connectivity index (χ1) is 32.6. The smallest absolute Gasteiger partial charge is 0.167 e. The van der Waals surface area contributed by atoms with Crippen LogP contribution in [0.1, 0.15) is 137 Å². The Bertz CT molecular complexity index is 2770. The lowest BCUT2D eigenvalue weighted by molar-refractivity contribution is -0.0534. The van der Waals surface area contributed by atoms with E-state index in [-0.39, 0.29) is 22.4 Å². The summed E-state index contributed by atoms with van der Waals surface area (Å²) >= 11 is 0. The van der Waals surface area contributed by atoms with Crippen molar-refractivity contribution in [3.63, 3.8) is 0 Å². The quantitative estimate of drug-likeness (QED) is 0.137. The van der Waals surface area contributed by atoms with E-state index in [4.69, 9.17) is 9.47 Å². The van der Waals surface area contributed by atoms with Gasteiger partial charge in [-0.25, -0.2) is 0 Å². The largest absolute Gasteiger partial charge is 0.493 e. The van der Waals surface area contributed by atoms with Crippen molar-refractivity contribution in [1.29, 1.82) is 0 Å². The molecule has 344 valence electrons. The third-order valence-corrected chi connectivity index (χ3v) is 16.1. The molecule has 6 aromatic rings. The van der Waals surface area contributed by atoms with Crippen LogP contribution in [-0.4, -0.2) is 39.9 Å². The Labute approximate surface area is 396 Å². The molecule has 1 fully saturated rings. The Morgan fingerprint density at radius 2 is 1.18 bits per heavy atom. The van der Waals surface area contributed by atoms with E-state index in [1.165, 1.54) is 22.3 Å². The van der Waals surface area contributed by atoms with Gasteiger partial charge in [0, 0.05) is 69.7 Å². The number of benzene rings is 4. The maximum atomic E-state index is 13.1. The van der Waals surface area contributed by atoms with E-state index >= 15 is 0 Å². The summed E-state index contributed by atoms with van der Waals surface area (Å²) < 4.78 is 12.5. The van der Waals surface area contributed by atoms with Gasteiger partial charge >= 0.3 is 0 Å². The molecule has 0 spiro atoms. The van der Waals surface area contributed by atoms with Crippen LogP contribution in [-0.2, 0) is 29.3 Å². The summed E-state index contributed by atoms with van der Waals surface area (Å²) in [5.41, 5.74) is 10.6. The molecule has 67 heavy (non-hydrogen) atoms. The third-order valence-electron chi connectivity index (χ3n) is 16.1. The van der Waals surface area contributed by atoms with Gasteiger partial charge in [-0.2, -0.15) is 0 Å². The van der Waals surface area contributed by atoms with E-state index in [2.05, 4.69) is 72.4 Å². The summed E-state index contributed by atoms with van der Waals surface area (Å²) in [6.45, 7) is 9.74. The molecule has 0 bridgehead atoms. The zero-order valence-electron chi connectivity index (χ0n) is 39.6. The standard InChI is InChI=1S/C30H33NO3.C30H31NO2/c1-3-29-14-15-30(33,24-9-5-4-6-10-24)20-25(29)13-17-34-28-19-23(11-12-26(28)29)27(32)18-22-8-7-16-31-21(22)2;1-3-30-15-13-24(22-8-5-4-6-9-22)18-26(30)14-17-33-29-20-25(11-12-27(29)30)28(32)19-23-10-7-16-31-21(23)2/h4-12,16,19,25,33H,3,13-15,17-18,20H2,1-2H3;4-13,16,20,26H,3,14-15,17-19H2,1-2H3/t25-,29+,30-;26-,30+/m00/s1. The van der Waals surface area contributed by atoms with E-state index in [0.717, 1.165) is 103 Å². The summed E-state index contributed by atoms with van der Waals surface area (Å²) in [5.74, 6) is 2.77. The molecule has 0 saturated heterocycles. The lowest BCUT2D eigenvalue weighted by Gasteiger charge is -2.49. The molecule has 4 aromatic carbocycles. The number of allylic oxidation sites excluding steroid dienone is 2. The molecule has 2 aliphatic heterocycles. The van der Waals surface area contributed by atoms with Gasteiger partial charge in [0.1, 0.15) is 11.5 Å². The topological polar surface area (TPSA) is 98.6 Å². The summed E-state index contributed by atoms with van der Waals surface area (Å²) in [5, 5.41) is 11.6. The maximum absolute atomic E-state index is 13.1. The second kappa shape index (κ2) is 19.6. The number of fused-ring (bicyclic) bond motifs is 6. The maximum Gasteiger partial charge on any atom is 0.167 e. The Kier molecular flexibility index (Phi) is 13.4. The van der Waals surface area contributed by atoms with Gasteiger partial charge in [-0.1, -0.05) is 117 Å². The van der Waals surface area contributed by atoms with Gasteiger partial charge in [-0.15, -0.1) is 0 Å². The van der Waals surface area contributed by atoms with Crippen LogP contribution in [0.15, 0.2) is 140 Å². The van der Waals surface area contributed by atoms with E-state index in [1.54, 1.807) is 12.4 Å². The number of nitrogens with zero attached hydrogens (tertiary/aromatic N) is 2. The average molecular weight is 893 g/mol. The first-order valence-corrected chi connectivity index (χ1v) is 24.5. The summed E-state index contributed by atoms with van der Waals surface area (Å²) in [4.78, 5) is 34.8. The van der Waals surface area contributed by atoms with Crippen molar-refractivity contribution in [3.8, 4) is 11.5 Å². The van der Waals surface area contributed by atoms with Gasteiger partial charge in [-0.3, -0.25) is 19.6 Å². The van der Waals surface area contributed by atoms with Crippen molar-refractivity contribution < 1.29 is 24.2 Å². The van der Waals surface area contributed by atoms with Crippen molar-refractivity contribution in [2.24, 2.45) is 11.8 Å². The predicted octanol–water partition coefficient (Wildman–Crippen LogP) is 12.7. The van der Waals surface area contributed by atoms with Gasteiger partial charge in [0.2, 0.25) is 0 Å². The lowest BCUT2D eigenvalue weighted by atomic mass is 9.56. The molecule has 0 radical (unpaired) electrons. The molecular formula is C60H64N2O5. The minimum Gasteiger partial charge on any atom is -0.493 e. The number of ether oxygens (including phenoxy) is 2. The molecule has 4 aliphatic rings. The van der Waals surface area contributed by atoms with Gasteiger partial charge in [-0.05, 0) is 136 Å². The number of Topliss-reactive ketones (excluding diaryl/α,β-unsaturated/α-hetero) is 2. The van der Waals surface area contributed by atoms with Crippen molar-refractivity contribution in [2.75, 3.05) is 13.2 Å². The van der Waals surface area contributed by atoms with E-state index in [0.29, 0.717) is 43.5 Å². The second-order valence-electron chi connectivity index (χ2n) is 19.4. The minimum atomic E-state index is -0.799. The zero-order valence-corrected chi connectivity index (χ0v) is 39.6. The van der Waals surface area contributed by atoms with Crippen LogP contribution in [0.4, 0.5) is 0 Å². The number of aliphatic hydroxyl groups is 1. The molecule has 2 aromatic heterocycles. The molecule has 0 unspecified atom stereocenters. The van der Waals surface area contributed by atoms with Crippen molar-refractivity contribution in [2.45, 2.75) is 115 Å². The lowest BCUT2D eigenvalue weighted by Crippen LogP contribution is -2.46. The van der Waals surface area contributed by atoms with Crippen molar-refractivity contribution in [3.05, 3.63) is 196 Å². The Morgan fingerprint density at radius 1 is 0.642 bits per heavy atom. The number of carbonyl (C=O) groups excluding carboxylic acids is 2. The highest BCUT2D eigenvalue weighted by Gasteiger charge is 2.51. The Balaban J connectivity index is 0.000000168.